The minimum Gasteiger partial charge on any atom is -0.342 e. The van der Waals surface area contributed by atoms with Crippen molar-refractivity contribution in [3.8, 4) is 0 Å². The zero-order chi connectivity index (χ0) is 12.4. The molecular formula is C15H21N3. The first kappa shape index (κ1) is 11.7. The summed E-state index contributed by atoms with van der Waals surface area (Å²) in [4.78, 5) is 8.21. The molecule has 0 spiro atoms. The SMILES string of the molecule is CNCCCc1ccc2nc(C3CCC3)[nH]c2c1. The fraction of sp³-hybridized carbons (Fsp3) is 0.533. The van der Waals surface area contributed by atoms with E-state index in [0.717, 1.165) is 18.5 Å². The van der Waals surface area contributed by atoms with E-state index >= 15 is 0 Å². The lowest BCUT2D eigenvalue weighted by Gasteiger charge is -2.22. The maximum Gasteiger partial charge on any atom is 0.110 e. The number of nitrogens with one attached hydrogen (secondary N) is 2. The van der Waals surface area contributed by atoms with Crippen molar-refractivity contribution >= 4 is 11.0 Å². The molecule has 0 radical (unpaired) electrons. The first-order valence-corrected chi connectivity index (χ1v) is 7.00. The van der Waals surface area contributed by atoms with E-state index in [-0.39, 0.29) is 0 Å². The van der Waals surface area contributed by atoms with Crippen molar-refractivity contribution in [3.63, 3.8) is 0 Å². The number of aryl methyl sites for hydroxylation is 1. The van der Waals surface area contributed by atoms with Gasteiger partial charge in [-0.3, -0.25) is 0 Å². The number of hydrogen-bond acceptors (Lipinski definition) is 2. The largest absolute Gasteiger partial charge is 0.342 e. The lowest BCUT2D eigenvalue weighted by molar-refractivity contribution is 0.405. The molecule has 3 rings (SSSR count). The van der Waals surface area contributed by atoms with Crippen LogP contribution in [0.2, 0.25) is 0 Å². The maximum absolute atomic E-state index is 4.70. The molecule has 0 aliphatic heterocycles. The van der Waals surface area contributed by atoms with E-state index in [1.54, 1.807) is 0 Å². The van der Waals surface area contributed by atoms with E-state index in [4.69, 9.17) is 4.98 Å². The van der Waals surface area contributed by atoms with Crippen LogP contribution in [0.25, 0.3) is 11.0 Å². The summed E-state index contributed by atoms with van der Waals surface area (Å²) in [5.41, 5.74) is 3.73. The monoisotopic (exact) mass is 243 g/mol. The van der Waals surface area contributed by atoms with Crippen molar-refractivity contribution < 1.29 is 0 Å². The molecule has 1 fully saturated rings. The molecule has 0 amide bonds. The summed E-state index contributed by atoms with van der Waals surface area (Å²) in [6, 6.07) is 6.63. The van der Waals surface area contributed by atoms with Gasteiger partial charge in [0.05, 0.1) is 11.0 Å². The molecule has 1 aliphatic carbocycles. The van der Waals surface area contributed by atoms with Crippen LogP contribution in [0.15, 0.2) is 18.2 Å². The first-order chi connectivity index (χ1) is 8.86. The third kappa shape index (κ3) is 2.27. The van der Waals surface area contributed by atoms with Gasteiger partial charge in [0, 0.05) is 5.92 Å². The van der Waals surface area contributed by atoms with Crippen LogP contribution in [-0.2, 0) is 6.42 Å². The molecule has 18 heavy (non-hydrogen) atoms. The van der Waals surface area contributed by atoms with Gasteiger partial charge in [0.25, 0.3) is 0 Å². The molecule has 0 saturated heterocycles. The number of aromatic nitrogens is 2. The molecule has 0 unspecified atom stereocenters. The van der Waals surface area contributed by atoms with Gasteiger partial charge < -0.3 is 10.3 Å². The van der Waals surface area contributed by atoms with E-state index in [9.17, 15) is 0 Å². The Balaban J connectivity index is 1.78. The highest BCUT2D eigenvalue weighted by molar-refractivity contribution is 5.76. The highest BCUT2D eigenvalue weighted by atomic mass is 14.9. The minimum absolute atomic E-state index is 0.685. The molecular weight excluding hydrogens is 222 g/mol. The number of hydrogen-bond donors (Lipinski definition) is 2. The quantitative estimate of drug-likeness (QED) is 0.793. The molecule has 96 valence electrons. The van der Waals surface area contributed by atoms with Crippen molar-refractivity contribution in [3.05, 3.63) is 29.6 Å². The highest BCUT2D eigenvalue weighted by Crippen LogP contribution is 2.35. The number of imidazole rings is 1. The van der Waals surface area contributed by atoms with E-state index in [1.165, 1.54) is 42.6 Å². The van der Waals surface area contributed by atoms with Gasteiger partial charge in [-0.25, -0.2) is 4.98 Å². The van der Waals surface area contributed by atoms with Crippen molar-refractivity contribution in [2.45, 2.75) is 38.0 Å². The number of nitrogens with zero attached hydrogens (tertiary/aromatic N) is 1. The third-order valence-corrected chi connectivity index (χ3v) is 3.95. The highest BCUT2D eigenvalue weighted by Gasteiger charge is 2.22. The zero-order valence-electron chi connectivity index (χ0n) is 11.0. The van der Waals surface area contributed by atoms with Crippen molar-refractivity contribution in [2.24, 2.45) is 0 Å². The zero-order valence-corrected chi connectivity index (χ0v) is 11.0. The molecule has 2 aromatic rings. The molecule has 2 N–H and O–H groups in total. The van der Waals surface area contributed by atoms with Gasteiger partial charge in [-0.2, -0.15) is 0 Å². The molecule has 1 saturated carbocycles. The van der Waals surface area contributed by atoms with E-state index in [1.807, 2.05) is 7.05 Å². The smallest absolute Gasteiger partial charge is 0.110 e. The van der Waals surface area contributed by atoms with Gasteiger partial charge in [0.2, 0.25) is 0 Å². The summed E-state index contributed by atoms with van der Waals surface area (Å²) in [5.74, 6) is 1.88. The van der Waals surface area contributed by atoms with Crippen LogP contribution in [-0.4, -0.2) is 23.6 Å². The summed E-state index contributed by atoms with van der Waals surface area (Å²) in [6.07, 6.45) is 6.28. The Morgan fingerprint density at radius 2 is 2.28 bits per heavy atom. The second-order valence-electron chi connectivity index (χ2n) is 5.31. The van der Waals surface area contributed by atoms with Gasteiger partial charge in [-0.1, -0.05) is 12.5 Å². The molecule has 1 aliphatic rings. The van der Waals surface area contributed by atoms with Gasteiger partial charge in [-0.15, -0.1) is 0 Å². The van der Waals surface area contributed by atoms with Crippen LogP contribution < -0.4 is 5.32 Å². The van der Waals surface area contributed by atoms with Crippen LogP contribution in [0.5, 0.6) is 0 Å². The Morgan fingerprint density at radius 3 is 3.00 bits per heavy atom. The number of fused-ring (bicyclic) bond motifs is 1. The predicted molar refractivity (Wildman–Crippen MR) is 74.9 cm³/mol. The van der Waals surface area contributed by atoms with Gasteiger partial charge in [0.1, 0.15) is 5.82 Å². The second kappa shape index (κ2) is 5.11. The molecule has 0 atom stereocenters. The standard InChI is InChI=1S/C15H21N3/c1-16-9-3-4-11-7-8-13-14(10-11)18-15(17-13)12-5-2-6-12/h7-8,10,12,16H,2-6,9H2,1H3,(H,17,18). The lowest BCUT2D eigenvalue weighted by Crippen LogP contribution is -2.10. The Morgan fingerprint density at radius 1 is 1.39 bits per heavy atom. The fourth-order valence-electron chi connectivity index (χ4n) is 2.58. The van der Waals surface area contributed by atoms with Crippen LogP contribution in [0.3, 0.4) is 0 Å². The Labute approximate surface area is 108 Å². The summed E-state index contributed by atoms with van der Waals surface area (Å²) in [6.45, 7) is 1.08. The van der Waals surface area contributed by atoms with Crippen molar-refractivity contribution in [1.82, 2.24) is 15.3 Å². The number of H-pyrrole nitrogens is 1. The Bertz CT molecular complexity index is 526. The molecule has 0 bridgehead atoms. The number of benzene rings is 1. The second-order valence-corrected chi connectivity index (χ2v) is 5.31. The fourth-order valence-corrected chi connectivity index (χ4v) is 2.58. The lowest BCUT2D eigenvalue weighted by atomic mass is 9.85. The molecule has 1 aromatic heterocycles. The predicted octanol–water partition coefficient (Wildman–Crippen LogP) is 2.98. The summed E-state index contributed by atoms with van der Waals surface area (Å²) in [5, 5.41) is 3.19. The molecule has 1 heterocycles. The van der Waals surface area contributed by atoms with Crippen LogP contribution in [0.1, 0.15) is 43.0 Å². The van der Waals surface area contributed by atoms with Crippen molar-refractivity contribution in [2.75, 3.05) is 13.6 Å². The number of aromatic amines is 1. The Kier molecular flexibility index (Phi) is 3.33. The van der Waals surface area contributed by atoms with E-state index < -0.39 is 0 Å². The van der Waals surface area contributed by atoms with E-state index in [2.05, 4.69) is 28.5 Å². The average molecular weight is 243 g/mol. The Hall–Kier alpha value is -1.35. The maximum atomic E-state index is 4.70. The van der Waals surface area contributed by atoms with Gasteiger partial charge in [-0.05, 0) is 57.0 Å². The normalized spacial score (nSPS) is 16.1. The molecule has 1 aromatic carbocycles. The molecule has 3 heteroatoms. The summed E-state index contributed by atoms with van der Waals surface area (Å²) in [7, 11) is 2.00. The summed E-state index contributed by atoms with van der Waals surface area (Å²) >= 11 is 0. The first-order valence-electron chi connectivity index (χ1n) is 7.00. The van der Waals surface area contributed by atoms with Crippen LogP contribution in [0, 0.1) is 0 Å². The molecule has 3 nitrogen and oxygen atoms in total. The van der Waals surface area contributed by atoms with Gasteiger partial charge in [0.15, 0.2) is 0 Å². The van der Waals surface area contributed by atoms with Crippen LogP contribution >= 0.6 is 0 Å². The average Bonchev–Trinajstić information content (AvgIpc) is 2.69. The van der Waals surface area contributed by atoms with E-state index in [0.29, 0.717) is 5.92 Å². The third-order valence-electron chi connectivity index (χ3n) is 3.95. The summed E-state index contributed by atoms with van der Waals surface area (Å²) < 4.78 is 0. The topological polar surface area (TPSA) is 40.7 Å². The number of rotatable bonds is 5. The van der Waals surface area contributed by atoms with Crippen LogP contribution in [0.4, 0.5) is 0 Å². The van der Waals surface area contributed by atoms with Crippen molar-refractivity contribution in [1.29, 1.82) is 0 Å². The van der Waals surface area contributed by atoms with Gasteiger partial charge >= 0.3 is 0 Å². The minimum atomic E-state index is 0.685.